The number of carbonyl (C=O) groups is 1. The SMILES string of the molecule is CO[C@H](CNC(=O)Nc1cc(C)on1)c1ccccc1. The summed E-state index contributed by atoms with van der Waals surface area (Å²) in [6, 6.07) is 11.0. The largest absolute Gasteiger partial charge is 0.375 e. The Kier molecular flexibility index (Phi) is 4.73. The van der Waals surface area contributed by atoms with Crippen LogP contribution in [0.25, 0.3) is 0 Å². The molecular weight excluding hydrogens is 258 g/mol. The van der Waals surface area contributed by atoms with E-state index >= 15 is 0 Å². The van der Waals surface area contributed by atoms with E-state index in [2.05, 4.69) is 15.8 Å². The number of benzene rings is 1. The minimum absolute atomic E-state index is 0.194. The van der Waals surface area contributed by atoms with Crippen molar-refractivity contribution in [3.63, 3.8) is 0 Å². The Balaban J connectivity index is 1.85. The molecule has 20 heavy (non-hydrogen) atoms. The van der Waals surface area contributed by atoms with Crippen molar-refractivity contribution in [2.75, 3.05) is 19.0 Å². The van der Waals surface area contributed by atoms with E-state index in [-0.39, 0.29) is 12.1 Å². The van der Waals surface area contributed by atoms with Crippen molar-refractivity contribution in [1.82, 2.24) is 10.5 Å². The molecule has 6 nitrogen and oxygen atoms in total. The Morgan fingerprint density at radius 1 is 1.40 bits per heavy atom. The summed E-state index contributed by atoms with van der Waals surface area (Å²) in [5, 5.41) is 9.00. The molecule has 0 aliphatic heterocycles. The fourth-order valence-electron chi connectivity index (χ4n) is 1.78. The molecule has 0 saturated carbocycles. The van der Waals surface area contributed by atoms with E-state index in [0.717, 1.165) is 5.56 Å². The van der Waals surface area contributed by atoms with Crippen molar-refractivity contribution in [3.8, 4) is 0 Å². The molecule has 1 atom stereocenters. The Hall–Kier alpha value is -2.34. The van der Waals surface area contributed by atoms with E-state index in [0.29, 0.717) is 18.1 Å². The number of urea groups is 1. The van der Waals surface area contributed by atoms with Gasteiger partial charge in [0.1, 0.15) is 5.76 Å². The smallest absolute Gasteiger partial charge is 0.320 e. The van der Waals surface area contributed by atoms with Crippen LogP contribution in [0.4, 0.5) is 10.6 Å². The van der Waals surface area contributed by atoms with E-state index in [4.69, 9.17) is 9.26 Å². The van der Waals surface area contributed by atoms with E-state index in [9.17, 15) is 4.79 Å². The molecule has 0 aliphatic carbocycles. The van der Waals surface area contributed by atoms with Crippen LogP contribution < -0.4 is 10.6 Å². The number of rotatable bonds is 5. The first-order valence-electron chi connectivity index (χ1n) is 6.25. The van der Waals surface area contributed by atoms with E-state index < -0.39 is 0 Å². The molecule has 0 radical (unpaired) electrons. The van der Waals surface area contributed by atoms with Gasteiger partial charge in [-0.3, -0.25) is 5.32 Å². The highest BCUT2D eigenvalue weighted by Crippen LogP contribution is 2.15. The predicted octanol–water partition coefficient (Wildman–Crippen LogP) is 2.49. The summed E-state index contributed by atoms with van der Waals surface area (Å²) in [5.41, 5.74) is 1.01. The molecule has 2 aromatic rings. The highest BCUT2D eigenvalue weighted by molar-refractivity contribution is 5.88. The third-order valence-corrected chi connectivity index (χ3v) is 2.77. The number of anilines is 1. The van der Waals surface area contributed by atoms with Gasteiger partial charge in [0, 0.05) is 19.7 Å². The zero-order chi connectivity index (χ0) is 14.4. The number of ether oxygens (including phenoxy) is 1. The first kappa shape index (κ1) is 14.1. The summed E-state index contributed by atoms with van der Waals surface area (Å²) in [7, 11) is 1.61. The van der Waals surface area contributed by atoms with Crippen molar-refractivity contribution in [2.45, 2.75) is 13.0 Å². The van der Waals surface area contributed by atoms with Crippen molar-refractivity contribution >= 4 is 11.8 Å². The second-order valence-electron chi connectivity index (χ2n) is 4.29. The summed E-state index contributed by atoms with van der Waals surface area (Å²) >= 11 is 0. The Bertz CT molecular complexity index is 554. The van der Waals surface area contributed by atoms with E-state index in [1.54, 1.807) is 20.1 Å². The molecule has 0 saturated heterocycles. The van der Waals surface area contributed by atoms with Crippen LogP contribution in [-0.4, -0.2) is 24.8 Å². The number of hydrogen-bond donors (Lipinski definition) is 2. The number of nitrogens with one attached hydrogen (secondary N) is 2. The van der Waals surface area contributed by atoms with Gasteiger partial charge in [0.25, 0.3) is 0 Å². The highest BCUT2D eigenvalue weighted by Gasteiger charge is 2.12. The monoisotopic (exact) mass is 275 g/mol. The zero-order valence-corrected chi connectivity index (χ0v) is 11.4. The summed E-state index contributed by atoms with van der Waals surface area (Å²) in [6.07, 6.45) is -0.194. The fraction of sp³-hybridized carbons (Fsp3) is 0.286. The average molecular weight is 275 g/mol. The van der Waals surface area contributed by atoms with Gasteiger partial charge in [-0.2, -0.15) is 0 Å². The van der Waals surface area contributed by atoms with Crippen LogP contribution in [-0.2, 0) is 4.74 Å². The van der Waals surface area contributed by atoms with Crippen LogP contribution in [0, 0.1) is 6.92 Å². The molecule has 0 fully saturated rings. The number of methoxy groups -OCH3 is 1. The standard InChI is InChI=1S/C14H17N3O3/c1-10-8-13(17-20-10)16-14(18)15-9-12(19-2)11-6-4-3-5-7-11/h3-8,12H,9H2,1-2H3,(H2,15,16,17,18)/t12-/m1/s1. The Labute approximate surface area is 117 Å². The molecule has 1 heterocycles. The summed E-state index contributed by atoms with van der Waals surface area (Å²) < 4.78 is 10.2. The number of aryl methyl sites for hydroxylation is 1. The second-order valence-corrected chi connectivity index (χ2v) is 4.29. The van der Waals surface area contributed by atoms with E-state index in [1.807, 2.05) is 30.3 Å². The number of amides is 2. The molecular formula is C14H17N3O3. The molecule has 1 aromatic carbocycles. The predicted molar refractivity (Wildman–Crippen MR) is 74.5 cm³/mol. The maximum absolute atomic E-state index is 11.7. The highest BCUT2D eigenvalue weighted by atomic mass is 16.5. The number of aromatic nitrogens is 1. The molecule has 1 aromatic heterocycles. The lowest BCUT2D eigenvalue weighted by atomic mass is 10.1. The number of carbonyl (C=O) groups excluding carboxylic acids is 1. The van der Waals surface area contributed by atoms with Crippen LogP contribution >= 0.6 is 0 Å². The Morgan fingerprint density at radius 2 is 2.15 bits per heavy atom. The maximum Gasteiger partial charge on any atom is 0.320 e. The molecule has 0 spiro atoms. The van der Waals surface area contributed by atoms with Crippen LogP contribution in [0.2, 0.25) is 0 Å². The molecule has 0 unspecified atom stereocenters. The molecule has 6 heteroatoms. The lowest BCUT2D eigenvalue weighted by molar-refractivity contribution is 0.104. The topological polar surface area (TPSA) is 76.4 Å². The van der Waals surface area contributed by atoms with Gasteiger partial charge in [0.05, 0.1) is 6.10 Å². The van der Waals surface area contributed by atoms with Crippen molar-refractivity contribution in [2.24, 2.45) is 0 Å². The third kappa shape index (κ3) is 3.83. The zero-order valence-electron chi connectivity index (χ0n) is 11.4. The van der Waals surface area contributed by atoms with Crippen molar-refractivity contribution in [3.05, 3.63) is 47.7 Å². The van der Waals surface area contributed by atoms with Gasteiger partial charge in [-0.05, 0) is 12.5 Å². The Morgan fingerprint density at radius 3 is 2.75 bits per heavy atom. The van der Waals surface area contributed by atoms with Gasteiger partial charge >= 0.3 is 6.03 Å². The summed E-state index contributed by atoms with van der Waals surface area (Å²) in [4.78, 5) is 11.7. The van der Waals surface area contributed by atoms with Gasteiger partial charge in [0.15, 0.2) is 5.82 Å². The molecule has 0 bridgehead atoms. The lowest BCUT2D eigenvalue weighted by Crippen LogP contribution is -2.33. The van der Waals surface area contributed by atoms with Gasteiger partial charge in [-0.25, -0.2) is 4.79 Å². The van der Waals surface area contributed by atoms with Crippen LogP contribution in [0.3, 0.4) is 0 Å². The van der Waals surface area contributed by atoms with Crippen molar-refractivity contribution in [1.29, 1.82) is 0 Å². The lowest BCUT2D eigenvalue weighted by Gasteiger charge is -2.16. The van der Waals surface area contributed by atoms with Gasteiger partial charge in [-0.15, -0.1) is 0 Å². The second kappa shape index (κ2) is 6.72. The first-order chi connectivity index (χ1) is 9.69. The molecule has 2 N–H and O–H groups in total. The summed E-state index contributed by atoms with van der Waals surface area (Å²) in [6.45, 7) is 2.12. The van der Waals surface area contributed by atoms with Gasteiger partial charge in [-0.1, -0.05) is 35.5 Å². The normalized spacial score (nSPS) is 11.9. The fourth-order valence-corrected chi connectivity index (χ4v) is 1.78. The number of nitrogens with zero attached hydrogens (tertiary/aromatic N) is 1. The van der Waals surface area contributed by atoms with Gasteiger partial charge in [0.2, 0.25) is 0 Å². The molecule has 106 valence electrons. The third-order valence-electron chi connectivity index (χ3n) is 2.77. The molecule has 2 amide bonds. The van der Waals surface area contributed by atoms with Gasteiger partial charge < -0.3 is 14.6 Å². The minimum Gasteiger partial charge on any atom is -0.375 e. The average Bonchev–Trinajstić information content (AvgIpc) is 2.86. The maximum atomic E-state index is 11.7. The molecule has 2 rings (SSSR count). The number of hydrogen-bond acceptors (Lipinski definition) is 4. The minimum atomic E-state index is -0.351. The van der Waals surface area contributed by atoms with Crippen LogP contribution in [0.15, 0.2) is 40.9 Å². The van der Waals surface area contributed by atoms with Crippen LogP contribution in [0.1, 0.15) is 17.4 Å². The van der Waals surface area contributed by atoms with Crippen LogP contribution in [0.5, 0.6) is 0 Å². The quantitative estimate of drug-likeness (QED) is 0.879. The van der Waals surface area contributed by atoms with E-state index in [1.165, 1.54) is 0 Å². The molecule has 0 aliphatic rings. The van der Waals surface area contributed by atoms with Crippen molar-refractivity contribution < 1.29 is 14.1 Å². The first-order valence-corrected chi connectivity index (χ1v) is 6.25. The summed E-state index contributed by atoms with van der Waals surface area (Å²) in [5.74, 6) is 1.02.